The molecule has 0 aliphatic heterocycles. The number of fused-ring (bicyclic) bond motifs is 2. The van der Waals surface area contributed by atoms with Crippen LogP contribution in [0.4, 0.5) is 5.82 Å². The first-order valence-electron chi connectivity index (χ1n) is 9.19. The van der Waals surface area contributed by atoms with Crippen LogP contribution >= 0.6 is 34.7 Å². The van der Waals surface area contributed by atoms with Crippen molar-refractivity contribution in [1.82, 2.24) is 29.5 Å². The van der Waals surface area contributed by atoms with Gasteiger partial charge in [0.05, 0.1) is 26.9 Å². The molecule has 2 N–H and O–H groups in total. The summed E-state index contributed by atoms with van der Waals surface area (Å²) in [7, 11) is 0. The lowest BCUT2D eigenvalue weighted by molar-refractivity contribution is 0.452. The van der Waals surface area contributed by atoms with Crippen molar-refractivity contribution in [2.24, 2.45) is 0 Å². The third-order valence-corrected chi connectivity index (χ3v) is 6.13. The Morgan fingerprint density at radius 2 is 2.10 bits per heavy atom. The van der Waals surface area contributed by atoms with Gasteiger partial charge in [0, 0.05) is 18.3 Å². The number of aryl methyl sites for hydroxylation is 1. The fraction of sp³-hybridized carbons (Fsp3) is 0.211. The monoisotopic (exact) mass is 459 g/mol. The number of imidazole rings is 1. The van der Waals surface area contributed by atoms with Gasteiger partial charge in [0.2, 0.25) is 0 Å². The number of halogens is 1. The Labute approximate surface area is 185 Å². The maximum absolute atomic E-state index is 5.87. The van der Waals surface area contributed by atoms with E-state index in [1.165, 1.54) is 24.4 Å². The Morgan fingerprint density at radius 3 is 2.87 bits per heavy atom. The van der Waals surface area contributed by atoms with Gasteiger partial charge in [0.1, 0.15) is 12.6 Å². The summed E-state index contributed by atoms with van der Waals surface area (Å²) >= 11 is 8.80. The molecular weight excluding hydrogens is 442 g/mol. The summed E-state index contributed by atoms with van der Waals surface area (Å²) in [6.07, 6.45) is 6.73. The average Bonchev–Trinajstić information content (AvgIpc) is 3.48. The lowest BCUT2D eigenvalue weighted by Gasteiger charge is -2.05. The fourth-order valence-corrected chi connectivity index (χ4v) is 4.50. The standard InChI is InChI=1S/C12H14N6OS.C7H4ClNS/c1-2-3-5-18-10-8(9(13)15-7-16-10)17-11(18)20-12-14-4-6-19-12;8-5-2-1-3-6-7(5)9-4-10-6/h4,6-7H,2-3,5H2,1H3,(H2,13,15,16);1-4H. The predicted octanol–water partition coefficient (Wildman–Crippen LogP) is 5.30. The number of rotatable bonds is 5. The SMILES string of the molecule is CCCCn1c(Sc2ncco2)nc2c(N)ncnc21.Clc1cccc2scnc12. The van der Waals surface area contributed by atoms with E-state index in [0.717, 1.165) is 45.4 Å². The third-order valence-electron chi connectivity index (χ3n) is 4.16. The highest BCUT2D eigenvalue weighted by Gasteiger charge is 2.16. The van der Waals surface area contributed by atoms with Crippen LogP contribution in [-0.2, 0) is 6.54 Å². The molecule has 5 rings (SSSR count). The van der Waals surface area contributed by atoms with Gasteiger partial charge in [0.15, 0.2) is 22.1 Å². The molecule has 0 bridgehead atoms. The number of nitrogens with two attached hydrogens (primary N) is 1. The number of nitrogens with zero attached hydrogens (tertiary/aromatic N) is 6. The van der Waals surface area contributed by atoms with Gasteiger partial charge in [0.25, 0.3) is 5.22 Å². The van der Waals surface area contributed by atoms with E-state index < -0.39 is 0 Å². The van der Waals surface area contributed by atoms with Crippen LogP contribution in [0, 0.1) is 0 Å². The molecule has 0 spiro atoms. The Balaban J connectivity index is 0.000000181. The zero-order valence-electron chi connectivity index (χ0n) is 16.0. The lowest BCUT2D eigenvalue weighted by Crippen LogP contribution is -2.01. The Kier molecular flexibility index (Phi) is 6.46. The number of para-hydroxylation sites is 1. The molecule has 154 valence electrons. The normalized spacial score (nSPS) is 11.0. The number of anilines is 1. The molecule has 0 aliphatic rings. The molecule has 0 unspecified atom stereocenters. The summed E-state index contributed by atoms with van der Waals surface area (Å²) in [6, 6.07) is 5.80. The van der Waals surface area contributed by atoms with Crippen molar-refractivity contribution in [3.05, 3.63) is 47.5 Å². The van der Waals surface area contributed by atoms with E-state index in [2.05, 4.69) is 31.8 Å². The summed E-state index contributed by atoms with van der Waals surface area (Å²) in [5.74, 6) is 0.388. The molecule has 30 heavy (non-hydrogen) atoms. The van der Waals surface area contributed by atoms with Gasteiger partial charge in [-0.2, -0.15) is 0 Å². The second-order valence-corrected chi connectivity index (χ2v) is 8.38. The maximum Gasteiger partial charge on any atom is 0.263 e. The van der Waals surface area contributed by atoms with E-state index >= 15 is 0 Å². The van der Waals surface area contributed by atoms with Gasteiger partial charge < -0.3 is 14.7 Å². The number of aromatic nitrogens is 6. The molecule has 4 heterocycles. The molecule has 1 aromatic carbocycles. The van der Waals surface area contributed by atoms with Gasteiger partial charge in [-0.15, -0.1) is 11.3 Å². The number of nitrogen functional groups attached to an aromatic ring is 1. The van der Waals surface area contributed by atoms with E-state index in [1.807, 2.05) is 22.8 Å². The minimum absolute atomic E-state index is 0.388. The molecular formula is C19H18ClN7OS2. The molecule has 0 saturated carbocycles. The first kappa shape index (κ1) is 20.6. The maximum atomic E-state index is 5.87. The van der Waals surface area contributed by atoms with Crippen molar-refractivity contribution in [2.45, 2.75) is 36.7 Å². The summed E-state index contributed by atoms with van der Waals surface area (Å²) < 4.78 is 8.43. The van der Waals surface area contributed by atoms with Crippen molar-refractivity contribution in [1.29, 1.82) is 0 Å². The smallest absolute Gasteiger partial charge is 0.263 e. The number of thiazole rings is 1. The summed E-state index contributed by atoms with van der Waals surface area (Å²) in [5.41, 5.74) is 9.95. The van der Waals surface area contributed by atoms with E-state index in [-0.39, 0.29) is 0 Å². The first-order chi connectivity index (χ1) is 14.7. The summed E-state index contributed by atoms with van der Waals surface area (Å²) in [5, 5.41) is 2.05. The van der Waals surface area contributed by atoms with Crippen LogP contribution < -0.4 is 5.73 Å². The third kappa shape index (κ3) is 4.40. The zero-order chi connectivity index (χ0) is 20.9. The van der Waals surface area contributed by atoms with Crippen molar-refractivity contribution in [3.8, 4) is 0 Å². The van der Waals surface area contributed by atoms with Gasteiger partial charge in [-0.05, 0) is 18.6 Å². The lowest BCUT2D eigenvalue weighted by atomic mass is 10.3. The van der Waals surface area contributed by atoms with Crippen molar-refractivity contribution < 1.29 is 4.42 Å². The molecule has 0 radical (unpaired) electrons. The van der Waals surface area contributed by atoms with Crippen LogP contribution in [0.5, 0.6) is 0 Å². The summed E-state index contributed by atoms with van der Waals surface area (Å²) in [6.45, 7) is 2.97. The number of unbranched alkanes of at least 4 members (excludes halogenated alkanes) is 1. The zero-order valence-corrected chi connectivity index (χ0v) is 18.4. The van der Waals surface area contributed by atoms with Crippen LogP contribution in [0.2, 0.25) is 5.02 Å². The minimum Gasteiger partial charge on any atom is -0.440 e. The van der Waals surface area contributed by atoms with Crippen LogP contribution in [0.15, 0.2) is 57.3 Å². The predicted molar refractivity (Wildman–Crippen MR) is 120 cm³/mol. The quantitative estimate of drug-likeness (QED) is 0.377. The second kappa shape index (κ2) is 9.41. The van der Waals surface area contributed by atoms with Crippen LogP contribution in [0.3, 0.4) is 0 Å². The Hall–Kier alpha value is -2.69. The second-order valence-electron chi connectivity index (χ2n) is 6.17. The molecule has 8 nitrogen and oxygen atoms in total. The van der Waals surface area contributed by atoms with E-state index in [0.29, 0.717) is 16.6 Å². The molecule has 4 aromatic heterocycles. The fourth-order valence-electron chi connectivity index (χ4n) is 2.72. The summed E-state index contributed by atoms with van der Waals surface area (Å²) in [4.78, 5) is 21.0. The van der Waals surface area contributed by atoms with Crippen molar-refractivity contribution >= 4 is 61.9 Å². The average molecular weight is 460 g/mol. The van der Waals surface area contributed by atoms with Crippen molar-refractivity contribution in [3.63, 3.8) is 0 Å². The highest BCUT2D eigenvalue weighted by molar-refractivity contribution is 7.99. The molecule has 5 aromatic rings. The number of oxazole rings is 1. The van der Waals surface area contributed by atoms with Crippen LogP contribution in [0.25, 0.3) is 21.4 Å². The highest BCUT2D eigenvalue weighted by Crippen LogP contribution is 2.30. The first-order valence-corrected chi connectivity index (χ1v) is 11.3. The van der Waals surface area contributed by atoms with E-state index in [1.54, 1.807) is 23.0 Å². The highest BCUT2D eigenvalue weighted by atomic mass is 35.5. The largest absolute Gasteiger partial charge is 0.440 e. The van der Waals surface area contributed by atoms with Crippen LogP contribution in [-0.4, -0.2) is 29.5 Å². The molecule has 0 saturated heterocycles. The minimum atomic E-state index is 0.388. The molecule has 0 amide bonds. The Bertz CT molecular complexity index is 1250. The number of benzene rings is 1. The van der Waals surface area contributed by atoms with Crippen LogP contribution in [0.1, 0.15) is 19.8 Å². The van der Waals surface area contributed by atoms with Crippen molar-refractivity contribution in [2.75, 3.05) is 5.73 Å². The number of hydrogen-bond acceptors (Lipinski definition) is 9. The topological polar surface area (TPSA) is 109 Å². The molecule has 11 heteroatoms. The Morgan fingerprint density at radius 1 is 1.20 bits per heavy atom. The van der Waals surface area contributed by atoms with Gasteiger partial charge >= 0.3 is 0 Å². The van der Waals surface area contributed by atoms with Gasteiger partial charge in [-0.25, -0.2) is 24.9 Å². The number of hydrogen-bond donors (Lipinski definition) is 1. The van der Waals surface area contributed by atoms with Gasteiger partial charge in [-0.1, -0.05) is 31.0 Å². The molecule has 0 atom stereocenters. The molecule has 0 aliphatic carbocycles. The van der Waals surface area contributed by atoms with Gasteiger partial charge in [-0.3, -0.25) is 0 Å². The van der Waals surface area contributed by atoms with E-state index in [4.69, 9.17) is 21.8 Å². The molecule has 0 fully saturated rings. The van der Waals surface area contributed by atoms with E-state index in [9.17, 15) is 0 Å².